The first-order valence-electron chi connectivity index (χ1n) is 5.48. The molecule has 1 unspecified atom stereocenters. The number of rotatable bonds is 3. The van der Waals surface area contributed by atoms with Crippen molar-refractivity contribution in [2.75, 3.05) is 20.3 Å². The number of nitrogens with one attached hydrogen (secondary N) is 1. The third kappa shape index (κ3) is 1.58. The molecule has 0 saturated heterocycles. The quantitative estimate of drug-likeness (QED) is 0.801. The highest BCUT2D eigenvalue weighted by molar-refractivity contribution is 5.26. The lowest BCUT2D eigenvalue weighted by Gasteiger charge is -2.37. The molecular weight excluding hydrogens is 190 g/mol. The minimum atomic E-state index is -0.0480. The summed E-state index contributed by atoms with van der Waals surface area (Å²) in [7, 11) is 3.81. The molecule has 1 aromatic heterocycles. The van der Waals surface area contributed by atoms with Crippen LogP contribution in [0.4, 0.5) is 0 Å². The fourth-order valence-corrected chi connectivity index (χ4v) is 2.54. The average molecular weight is 209 g/mol. The maximum absolute atomic E-state index is 5.35. The van der Waals surface area contributed by atoms with E-state index in [-0.39, 0.29) is 5.54 Å². The lowest BCUT2D eigenvalue weighted by atomic mass is 9.87. The predicted molar refractivity (Wildman–Crippen MR) is 58.8 cm³/mol. The number of ether oxygens (including phenoxy) is 1. The molecule has 15 heavy (non-hydrogen) atoms. The van der Waals surface area contributed by atoms with Gasteiger partial charge in [-0.25, -0.2) is 4.98 Å². The van der Waals surface area contributed by atoms with Crippen LogP contribution in [-0.2, 0) is 23.7 Å². The molecule has 0 spiro atoms. The minimum Gasteiger partial charge on any atom is -0.382 e. The average Bonchev–Trinajstić information content (AvgIpc) is 2.62. The van der Waals surface area contributed by atoms with E-state index in [1.807, 2.05) is 6.33 Å². The van der Waals surface area contributed by atoms with Crippen LogP contribution in [0.1, 0.15) is 24.7 Å². The van der Waals surface area contributed by atoms with E-state index < -0.39 is 0 Å². The van der Waals surface area contributed by atoms with Crippen molar-refractivity contribution in [1.29, 1.82) is 0 Å². The molecule has 0 aliphatic carbocycles. The molecule has 0 radical (unpaired) electrons. The Bertz CT molecular complexity index is 348. The fraction of sp³-hybridized carbons (Fsp3) is 0.727. The van der Waals surface area contributed by atoms with Crippen molar-refractivity contribution in [2.45, 2.75) is 25.3 Å². The molecule has 2 heterocycles. The smallest absolute Gasteiger partial charge is 0.0949 e. The van der Waals surface area contributed by atoms with Crippen molar-refractivity contribution in [3.8, 4) is 0 Å². The Hall–Kier alpha value is -0.870. The Labute approximate surface area is 90.6 Å². The molecule has 0 aromatic carbocycles. The number of methoxy groups -OCH3 is 1. The van der Waals surface area contributed by atoms with Crippen molar-refractivity contribution in [2.24, 2.45) is 7.05 Å². The number of fused-ring (bicyclic) bond motifs is 1. The van der Waals surface area contributed by atoms with Gasteiger partial charge in [-0.15, -0.1) is 0 Å². The Morgan fingerprint density at radius 2 is 2.47 bits per heavy atom. The molecule has 0 saturated carbocycles. The molecule has 1 aliphatic rings. The molecule has 84 valence electrons. The molecule has 0 amide bonds. The van der Waals surface area contributed by atoms with E-state index in [9.17, 15) is 0 Å². The van der Waals surface area contributed by atoms with Crippen molar-refractivity contribution >= 4 is 0 Å². The first-order chi connectivity index (χ1) is 7.23. The summed E-state index contributed by atoms with van der Waals surface area (Å²) in [6.07, 6.45) is 3.94. The van der Waals surface area contributed by atoms with E-state index in [0.29, 0.717) is 6.61 Å². The molecule has 1 N–H and O–H groups in total. The number of imidazole rings is 1. The van der Waals surface area contributed by atoms with Crippen LogP contribution in [0.2, 0.25) is 0 Å². The Kier molecular flexibility index (Phi) is 2.80. The van der Waals surface area contributed by atoms with Gasteiger partial charge in [0, 0.05) is 27.1 Å². The van der Waals surface area contributed by atoms with Crippen LogP contribution < -0.4 is 5.32 Å². The van der Waals surface area contributed by atoms with Gasteiger partial charge in [0.25, 0.3) is 0 Å². The summed E-state index contributed by atoms with van der Waals surface area (Å²) in [5, 5.41) is 3.58. The van der Waals surface area contributed by atoms with Gasteiger partial charge in [0.15, 0.2) is 0 Å². The van der Waals surface area contributed by atoms with Crippen molar-refractivity contribution in [3.63, 3.8) is 0 Å². The van der Waals surface area contributed by atoms with E-state index in [2.05, 4.69) is 28.8 Å². The van der Waals surface area contributed by atoms with Gasteiger partial charge in [-0.1, -0.05) is 6.92 Å². The van der Waals surface area contributed by atoms with Gasteiger partial charge in [0.05, 0.1) is 29.9 Å². The number of hydrogen-bond donors (Lipinski definition) is 1. The van der Waals surface area contributed by atoms with Gasteiger partial charge in [-0.3, -0.25) is 0 Å². The maximum Gasteiger partial charge on any atom is 0.0949 e. The van der Waals surface area contributed by atoms with Gasteiger partial charge in [-0.05, 0) is 6.42 Å². The van der Waals surface area contributed by atoms with E-state index in [0.717, 1.165) is 19.4 Å². The van der Waals surface area contributed by atoms with Gasteiger partial charge in [0.2, 0.25) is 0 Å². The predicted octanol–water partition coefficient (Wildman–Crippen LogP) is 0.817. The summed E-state index contributed by atoms with van der Waals surface area (Å²) in [5.41, 5.74) is 2.46. The highest BCUT2D eigenvalue weighted by atomic mass is 16.5. The summed E-state index contributed by atoms with van der Waals surface area (Å²) in [5.74, 6) is 0. The van der Waals surface area contributed by atoms with Crippen LogP contribution in [-0.4, -0.2) is 29.8 Å². The highest BCUT2D eigenvalue weighted by Crippen LogP contribution is 2.30. The standard InChI is InChI=1S/C11H19N3O/c1-4-11(7-15-3)10-9(5-6-13-11)12-8-14(10)2/h8,13H,4-7H2,1-3H3. The summed E-state index contributed by atoms with van der Waals surface area (Å²) in [6.45, 7) is 3.88. The van der Waals surface area contributed by atoms with Crippen LogP contribution in [0.25, 0.3) is 0 Å². The van der Waals surface area contributed by atoms with E-state index in [1.54, 1.807) is 7.11 Å². The Morgan fingerprint density at radius 1 is 1.67 bits per heavy atom. The van der Waals surface area contributed by atoms with Crippen LogP contribution in [0.3, 0.4) is 0 Å². The topological polar surface area (TPSA) is 39.1 Å². The third-order valence-corrected chi connectivity index (χ3v) is 3.29. The second-order valence-electron chi connectivity index (χ2n) is 4.20. The zero-order valence-corrected chi connectivity index (χ0v) is 9.71. The van der Waals surface area contributed by atoms with E-state index >= 15 is 0 Å². The zero-order valence-electron chi connectivity index (χ0n) is 9.71. The maximum atomic E-state index is 5.35. The van der Waals surface area contributed by atoms with Crippen molar-refractivity contribution < 1.29 is 4.74 Å². The second kappa shape index (κ2) is 3.94. The molecule has 0 bridgehead atoms. The molecule has 1 aliphatic heterocycles. The minimum absolute atomic E-state index is 0.0480. The molecule has 2 rings (SSSR count). The highest BCUT2D eigenvalue weighted by Gasteiger charge is 2.37. The lowest BCUT2D eigenvalue weighted by molar-refractivity contribution is 0.0952. The van der Waals surface area contributed by atoms with Gasteiger partial charge in [-0.2, -0.15) is 0 Å². The molecule has 0 fully saturated rings. The molecule has 4 heteroatoms. The summed E-state index contributed by atoms with van der Waals surface area (Å²) in [4.78, 5) is 4.45. The van der Waals surface area contributed by atoms with Crippen molar-refractivity contribution in [1.82, 2.24) is 14.9 Å². The van der Waals surface area contributed by atoms with Crippen LogP contribution in [0.5, 0.6) is 0 Å². The number of aryl methyl sites for hydroxylation is 1. The zero-order chi connectivity index (χ0) is 10.9. The first-order valence-corrected chi connectivity index (χ1v) is 5.48. The summed E-state index contributed by atoms with van der Waals surface area (Å²) < 4.78 is 7.47. The number of aromatic nitrogens is 2. The first kappa shape index (κ1) is 10.6. The van der Waals surface area contributed by atoms with Gasteiger partial charge < -0.3 is 14.6 Å². The van der Waals surface area contributed by atoms with E-state index in [4.69, 9.17) is 4.74 Å². The fourth-order valence-electron chi connectivity index (χ4n) is 2.54. The Morgan fingerprint density at radius 3 is 3.13 bits per heavy atom. The Balaban J connectivity index is 2.45. The van der Waals surface area contributed by atoms with Gasteiger partial charge >= 0.3 is 0 Å². The monoisotopic (exact) mass is 209 g/mol. The molecule has 1 atom stereocenters. The third-order valence-electron chi connectivity index (χ3n) is 3.29. The van der Waals surface area contributed by atoms with Crippen molar-refractivity contribution in [3.05, 3.63) is 17.7 Å². The second-order valence-corrected chi connectivity index (χ2v) is 4.20. The molecule has 1 aromatic rings. The largest absolute Gasteiger partial charge is 0.382 e. The lowest BCUT2D eigenvalue weighted by Crippen LogP contribution is -2.51. The summed E-state index contributed by atoms with van der Waals surface area (Å²) in [6, 6.07) is 0. The number of hydrogen-bond acceptors (Lipinski definition) is 3. The van der Waals surface area contributed by atoms with Gasteiger partial charge in [0.1, 0.15) is 0 Å². The normalized spacial score (nSPS) is 25.3. The van der Waals surface area contributed by atoms with Crippen LogP contribution in [0, 0.1) is 0 Å². The van der Waals surface area contributed by atoms with E-state index in [1.165, 1.54) is 11.4 Å². The molecule has 4 nitrogen and oxygen atoms in total. The van der Waals surface area contributed by atoms with Crippen LogP contribution >= 0.6 is 0 Å². The SMILES string of the molecule is CCC1(COC)NCCc2ncn(C)c21. The summed E-state index contributed by atoms with van der Waals surface area (Å²) >= 11 is 0. The van der Waals surface area contributed by atoms with Crippen LogP contribution in [0.15, 0.2) is 6.33 Å². The molecular formula is C11H19N3O. The number of nitrogens with zero attached hydrogens (tertiary/aromatic N) is 2.